The molecule has 1 aromatic rings. The van der Waals surface area contributed by atoms with Gasteiger partial charge in [0, 0.05) is 19.1 Å². The van der Waals surface area contributed by atoms with Crippen molar-refractivity contribution in [3.8, 4) is 0 Å². The summed E-state index contributed by atoms with van der Waals surface area (Å²) in [6.45, 7) is 3.41. The standard InChI is InChI=1S/C18H25NO3/c1-12-4-2-3-5-15(12)16-8-17(16)18(21)19-9-14(20)11-22-10-13-6-7-13/h2-5,13-14,16-17,20H,6-11H2,1H3,(H,19,21)/t14-,16-,17+/m0/s1. The van der Waals surface area contributed by atoms with Gasteiger partial charge in [-0.3, -0.25) is 4.79 Å². The summed E-state index contributed by atoms with van der Waals surface area (Å²) in [5.41, 5.74) is 2.52. The van der Waals surface area contributed by atoms with Crippen LogP contribution in [0.3, 0.4) is 0 Å². The first-order valence-electron chi connectivity index (χ1n) is 8.24. The summed E-state index contributed by atoms with van der Waals surface area (Å²) < 4.78 is 5.43. The zero-order valence-electron chi connectivity index (χ0n) is 13.1. The van der Waals surface area contributed by atoms with Crippen molar-refractivity contribution < 1.29 is 14.6 Å². The number of carbonyl (C=O) groups excluding carboxylic acids is 1. The zero-order chi connectivity index (χ0) is 15.5. The van der Waals surface area contributed by atoms with E-state index in [0.29, 0.717) is 18.4 Å². The third-order valence-electron chi connectivity index (χ3n) is 4.59. The highest BCUT2D eigenvalue weighted by molar-refractivity contribution is 5.83. The minimum atomic E-state index is -0.613. The van der Waals surface area contributed by atoms with E-state index in [9.17, 15) is 9.90 Å². The largest absolute Gasteiger partial charge is 0.389 e. The predicted molar refractivity (Wildman–Crippen MR) is 84.6 cm³/mol. The van der Waals surface area contributed by atoms with Gasteiger partial charge < -0.3 is 15.2 Å². The summed E-state index contributed by atoms with van der Waals surface area (Å²) in [4.78, 5) is 12.1. The maximum atomic E-state index is 12.1. The molecule has 0 heterocycles. The Hall–Kier alpha value is -1.39. The summed E-state index contributed by atoms with van der Waals surface area (Å²) in [6, 6.07) is 8.24. The van der Waals surface area contributed by atoms with Crippen LogP contribution in [0.4, 0.5) is 0 Å². The van der Waals surface area contributed by atoms with Crippen LogP contribution in [0.5, 0.6) is 0 Å². The van der Waals surface area contributed by atoms with Crippen LogP contribution in [0.2, 0.25) is 0 Å². The van der Waals surface area contributed by atoms with Gasteiger partial charge in [-0.1, -0.05) is 24.3 Å². The van der Waals surface area contributed by atoms with Crippen molar-refractivity contribution in [2.24, 2.45) is 11.8 Å². The van der Waals surface area contributed by atoms with Crippen LogP contribution in [0.15, 0.2) is 24.3 Å². The smallest absolute Gasteiger partial charge is 0.223 e. The highest BCUT2D eigenvalue weighted by atomic mass is 16.5. The van der Waals surface area contributed by atoms with Gasteiger partial charge in [0.05, 0.1) is 12.7 Å². The Balaban J connectivity index is 1.37. The van der Waals surface area contributed by atoms with E-state index in [1.54, 1.807) is 0 Å². The molecule has 3 rings (SSSR count). The van der Waals surface area contributed by atoms with E-state index in [2.05, 4.69) is 24.4 Å². The molecule has 1 amide bonds. The van der Waals surface area contributed by atoms with Gasteiger partial charge in [0.1, 0.15) is 0 Å². The van der Waals surface area contributed by atoms with Crippen LogP contribution in [0.25, 0.3) is 0 Å². The number of rotatable bonds is 8. The summed E-state index contributed by atoms with van der Waals surface area (Å²) in [7, 11) is 0. The molecule has 1 aromatic carbocycles. The summed E-state index contributed by atoms with van der Waals surface area (Å²) >= 11 is 0. The van der Waals surface area contributed by atoms with Crippen LogP contribution in [0, 0.1) is 18.8 Å². The second kappa shape index (κ2) is 6.80. The van der Waals surface area contributed by atoms with Gasteiger partial charge in [-0.15, -0.1) is 0 Å². The van der Waals surface area contributed by atoms with Gasteiger partial charge in [0.25, 0.3) is 0 Å². The van der Waals surface area contributed by atoms with Crippen molar-refractivity contribution >= 4 is 5.91 Å². The van der Waals surface area contributed by atoms with Crippen molar-refractivity contribution in [1.29, 1.82) is 0 Å². The van der Waals surface area contributed by atoms with Crippen LogP contribution in [0.1, 0.15) is 36.3 Å². The lowest BCUT2D eigenvalue weighted by molar-refractivity contribution is -0.123. The molecule has 2 aliphatic carbocycles. The molecule has 0 bridgehead atoms. The quantitative estimate of drug-likeness (QED) is 0.772. The van der Waals surface area contributed by atoms with E-state index in [4.69, 9.17) is 4.74 Å². The van der Waals surface area contributed by atoms with E-state index in [0.717, 1.165) is 13.0 Å². The van der Waals surface area contributed by atoms with Gasteiger partial charge in [-0.25, -0.2) is 0 Å². The molecule has 0 unspecified atom stereocenters. The number of hydrogen-bond acceptors (Lipinski definition) is 3. The van der Waals surface area contributed by atoms with Crippen LogP contribution in [-0.2, 0) is 9.53 Å². The fourth-order valence-electron chi connectivity index (χ4n) is 2.89. The monoisotopic (exact) mass is 303 g/mol. The number of nitrogens with one attached hydrogen (secondary N) is 1. The highest BCUT2D eigenvalue weighted by Gasteiger charge is 2.44. The molecule has 0 radical (unpaired) electrons. The Morgan fingerprint density at radius 3 is 2.91 bits per heavy atom. The number of carbonyl (C=O) groups is 1. The van der Waals surface area contributed by atoms with Crippen molar-refractivity contribution in [3.05, 3.63) is 35.4 Å². The molecule has 0 spiro atoms. The Kier molecular flexibility index (Phi) is 4.79. The van der Waals surface area contributed by atoms with Crippen LogP contribution < -0.4 is 5.32 Å². The zero-order valence-corrected chi connectivity index (χ0v) is 13.1. The molecule has 4 nitrogen and oxygen atoms in total. The van der Waals surface area contributed by atoms with Gasteiger partial charge >= 0.3 is 0 Å². The maximum absolute atomic E-state index is 12.1. The normalized spacial score (nSPS) is 24.8. The first-order valence-corrected chi connectivity index (χ1v) is 8.24. The molecule has 2 saturated carbocycles. The average Bonchev–Trinajstić information content (AvgIpc) is 3.39. The van der Waals surface area contributed by atoms with Crippen molar-refractivity contribution in [2.75, 3.05) is 19.8 Å². The lowest BCUT2D eigenvalue weighted by atomic mass is 10.0. The molecule has 4 heteroatoms. The number of hydrogen-bond donors (Lipinski definition) is 2. The van der Waals surface area contributed by atoms with Crippen molar-refractivity contribution in [3.63, 3.8) is 0 Å². The van der Waals surface area contributed by atoms with E-state index in [1.807, 2.05) is 12.1 Å². The van der Waals surface area contributed by atoms with E-state index in [1.165, 1.54) is 24.0 Å². The van der Waals surface area contributed by atoms with Gasteiger partial charge in [-0.05, 0) is 49.1 Å². The van der Waals surface area contributed by atoms with Gasteiger partial charge in [0.2, 0.25) is 5.91 Å². The van der Waals surface area contributed by atoms with E-state index in [-0.39, 0.29) is 18.4 Å². The van der Waals surface area contributed by atoms with Crippen LogP contribution >= 0.6 is 0 Å². The molecule has 2 N–H and O–H groups in total. The minimum Gasteiger partial charge on any atom is -0.389 e. The Bertz CT molecular complexity index is 527. The van der Waals surface area contributed by atoms with Crippen molar-refractivity contribution in [2.45, 2.75) is 38.2 Å². The Morgan fingerprint density at radius 2 is 2.18 bits per heavy atom. The molecule has 0 aromatic heterocycles. The Morgan fingerprint density at radius 1 is 1.41 bits per heavy atom. The lowest BCUT2D eigenvalue weighted by Crippen LogP contribution is -2.35. The third-order valence-corrected chi connectivity index (χ3v) is 4.59. The second-order valence-corrected chi connectivity index (χ2v) is 6.69. The predicted octanol–water partition coefficient (Wildman–Crippen LogP) is 2.00. The molecular weight excluding hydrogens is 278 g/mol. The fourth-order valence-corrected chi connectivity index (χ4v) is 2.89. The topological polar surface area (TPSA) is 58.6 Å². The first kappa shape index (κ1) is 15.5. The summed E-state index contributed by atoms with van der Waals surface area (Å²) in [6.07, 6.45) is 2.78. The molecule has 0 saturated heterocycles. The number of ether oxygens (including phenoxy) is 1. The second-order valence-electron chi connectivity index (χ2n) is 6.69. The minimum absolute atomic E-state index is 0.0505. The fraction of sp³-hybridized carbons (Fsp3) is 0.611. The highest BCUT2D eigenvalue weighted by Crippen LogP contribution is 2.48. The number of aliphatic hydroxyl groups excluding tert-OH is 1. The first-order chi connectivity index (χ1) is 10.6. The number of amides is 1. The molecule has 0 aliphatic heterocycles. The van der Waals surface area contributed by atoms with Gasteiger partial charge in [-0.2, -0.15) is 0 Å². The number of benzene rings is 1. The third kappa shape index (κ3) is 4.08. The molecule has 2 fully saturated rings. The number of aliphatic hydroxyl groups is 1. The lowest BCUT2D eigenvalue weighted by Gasteiger charge is -2.12. The van der Waals surface area contributed by atoms with Gasteiger partial charge in [0.15, 0.2) is 0 Å². The summed E-state index contributed by atoms with van der Waals surface area (Å²) in [5, 5.41) is 12.7. The Labute approximate surface area is 131 Å². The maximum Gasteiger partial charge on any atom is 0.223 e. The molecular formula is C18H25NO3. The molecule has 3 atom stereocenters. The van der Waals surface area contributed by atoms with E-state index < -0.39 is 6.10 Å². The summed E-state index contributed by atoms with van der Waals surface area (Å²) in [5.74, 6) is 1.14. The molecule has 22 heavy (non-hydrogen) atoms. The average molecular weight is 303 g/mol. The number of aryl methyl sites for hydroxylation is 1. The SMILES string of the molecule is Cc1ccccc1[C@@H]1C[C@H]1C(=O)NC[C@H](O)COCC1CC1. The molecule has 2 aliphatic rings. The van der Waals surface area contributed by atoms with Crippen LogP contribution in [-0.4, -0.2) is 36.9 Å². The van der Waals surface area contributed by atoms with E-state index >= 15 is 0 Å². The van der Waals surface area contributed by atoms with Crippen molar-refractivity contribution in [1.82, 2.24) is 5.32 Å². The molecule has 120 valence electrons.